The van der Waals surface area contributed by atoms with Gasteiger partial charge in [-0.25, -0.2) is 4.98 Å². The zero-order chi connectivity index (χ0) is 40.9. The van der Waals surface area contributed by atoms with Crippen LogP contribution in [0.25, 0.3) is 49.9 Å². The van der Waals surface area contributed by atoms with Crippen molar-refractivity contribution in [2.24, 2.45) is 0 Å². The van der Waals surface area contributed by atoms with Gasteiger partial charge < -0.3 is 23.8 Å². The molecule has 0 saturated carbocycles. The second-order valence-corrected chi connectivity index (χ2v) is 16.0. The van der Waals surface area contributed by atoms with E-state index in [1.165, 1.54) is 5.56 Å². The van der Waals surface area contributed by atoms with E-state index in [1.807, 2.05) is 30.5 Å². The summed E-state index contributed by atoms with van der Waals surface area (Å²) in [5.74, 6) is 3.63. The van der Waals surface area contributed by atoms with Crippen molar-refractivity contribution in [2.75, 3.05) is 16.8 Å². The van der Waals surface area contributed by atoms with E-state index in [1.54, 1.807) is 0 Å². The molecule has 0 saturated heterocycles. The molecule has 8 aromatic carbocycles. The third-order valence-electron chi connectivity index (χ3n) is 12.7. The molecular formula is C56H35N4O2Pt-3. The second-order valence-electron chi connectivity index (χ2n) is 16.0. The summed E-state index contributed by atoms with van der Waals surface area (Å²) >= 11 is 0. The third kappa shape index (κ3) is 5.38. The Hall–Kier alpha value is -7.40. The van der Waals surface area contributed by atoms with Gasteiger partial charge >= 0.3 is 0 Å². The number of nitrogens with zero attached hydrogens (tertiary/aromatic N) is 4. The topological polar surface area (TPSA) is 42.8 Å². The fourth-order valence-electron chi connectivity index (χ4n) is 10.3. The van der Waals surface area contributed by atoms with Gasteiger partial charge in [-0.05, 0) is 76.6 Å². The molecule has 0 unspecified atom stereocenters. The molecule has 0 aliphatic carbocycles. The largest absolute Gasteiger partial charge is 0.509 e. The average Bonchev–Trinajstić information content (AvgIpc) is 3.85. The Labute approximate surface area is 379 Å². The van der Waals surface area contributed by atoms with Crippen molar-refractivity contribution in [1.82, 2.24) is 9.55 Å². The van der Waals surface area contributed by atoms with Gasteiger partial charge in [-0.2, -0.15) is 18.8 Å². The first-order chi connectivity index (χ1) is 30.7. The molecule has 0 atom stereocenters. The van der Waals surface area contributed by atoms with Gasteiger partial charge in [0.15, 0.2) is 0 Å². The van der Waals surface area contributed by atoms with Gasteiger partial charge in [0.25, 0.3) is 0 Å². The van der Waals surface area contributed by atoms with E-state index >= 15 is 0 Å². The maximum atomic E-state index is 7.08. The summed E-state index contributed by atoms with van der Waals surface area (Å²) in [6.45, 7) is 2.16. The van der Waals surface area contributed by atoms with E-state index < -0.39 is 5.41 Å². The molecule has 7 heteroatoms. The summed E-state index contributed by atoms with van der Waals surface area (Å²) < 4.78 is 16.1. The molecule has 2 aromatic heterocycles. The monoisotopic (exact) mass is 990 g/mol. The molecule has 0 N–H and O–H groups in total. The first-order valence-electron chi connectivity index (χ1n) is 20.8. The normalized spacial score (nSPS) is 13.8. The molecule has 13 rings (SSSR count). The predicted octanol–water partition coefficient (Wildman–Crippen LogP) is 13.4. The van der Waals surface area contributed by atoms with E-state index in [4.69, 9.17) is 14.5 Å². The van der Waals surface area contributed by atoms with E-state index in [0.29, 0.717) is 11.5 Å². The summed E-state index contributed by atoms with van der Waals surface area (Å²) in [7, 11) is 2.11. The van der Waals surface area contributed by atoms with Gasteiger partial charge in [0.05, 0.1) is 0 Å². The van der Waals surface area contributed by atoms with E-state index in [2.05, 4.69) is 198 Å². The first-order valence-corrected chi connectivity index (χ1v) is 20.8. The zero-order valence-electron chi connectivity index (χ0n) is 33.9. The smallest absolute Gasteiger partial charge is 0.135 e. The molecule has 63 heavy (non-hydrogen) atoms. The summed E-state index contributed by atoms with van der Waals surface area (Å²) in [4.78, 5) is 9.22. The molecule has 0 radical (unpaired) electrons. The number of hydrogen-bond donors (Lipinski definition) is 0. The van der Waals surface area contributed by atoms with Crippen LogP contribution in [0.4, 0.5) is 17.1 Å². The SMILES string of the molecule is CN1[CH-]N2c3[c-]c(Oc4[c-]c5c(cc4)c4ccccc4n5-c4ccccn4)ccc3C3(c4cccc1c42)c1c(cccc1-c1ccccc1)Oc1cccc(-c2ccccc2)c13.[Pt]. The Morgan fingerprint density at radius 1 is 0.587 bits per heavy atom. The summed E-state index contributed by atoms with van der Waals surface area (Å²) in [6, 6.07) is 71.2. The van der Waals surface area contributed by atoms with E-state index in [9.17, 15) is 0 Å². The maximum Gasteiger partial charge on any atom is 0.135 e. The first kappa shape index (κ1) is 37.4. The molecule has 3 aliphatic rings. The van der Waals surface area contributed by atoms with Crippen molar-refractivity contribution in [3.8, 4) is 51.1 Å². The van der Waals surface area contributed by atoms with Crippen LogP contribution in [0, 0.1) is 18.8 Å². The number of hydrogen-bond acceptors (Lipinski definition) is 5. The average molecular weight is 991 g/mol. The molecule has 0 bridgehead atoms. The summed E-state index contributed by atoms with van der Waals surface area (Å²) in [5, 5.41) is 2.21. The minimum Gasteiger partial charge on any atom is -0.509 e. The molecule has 10 aromatic rings. The Balaban J connectivity index is 0.00000421. The fraction of sp³-hybridized carbons (Fsp3) is 0.0357. The van der Waals surface area contributed by atoms with Gasteiger partial charge in [-0.1, -0.05) is 133 Å². The Morgan fingerprint density at radius 3 is 1.95 bits per heavy atom. The summed E-state index contributed by atoms with van der Waals surface area (Å²) in [5.41, 5.74) is 13.1. The Bertz CT molecular complexity index is 3330. The molecule has 6 nitrogen and oxygen atoms in total. The van der Waals surface area contributed by atoms with Gasteiger partial charge in [-0.15, -0.1) is 35.2 Å². The van der Waals surface area contributed by atoms with Crippen LogP contribution >= 0.6 is 0 Å². The summed E-state index contributed by atoms with van der Waals surface area (Å²) in [6.07, 6.45) is 1.82. The number of fused-ring (bicyclic) bond motifs is 11. The molecule has 0 amide bonds. The van der Waals surface area contributed by atoms with E-state index in [0.717, 1.165) is 95.1 Å². The number of para-hydroxylation sites is 2. The van der Waals surface area contributed by atoms with Crippen LogP contribution in [0.3, 0.4) is 0 Å². The van der Waals surface area contributed by atoms with Gasteiger partial charge in [0.2, 0.25) is 0 Å². The fourth-order valence-corrected chi connectivity index (χ4v) is 10.3. The standard InChI is InChI=1S/C56H35N4O2.Pt/c1-58-35-59-49-34-39(61-38-28-30-43-42-19-8-9-23-46(42)60(48(43)33-38)52-27-10-11-32-57-52)29-31-44(49)56(45-22-14-24-47(58)55(45)59)53-40(36-15-4-2-5-16-36)20-12-25-50(53)62-51-26-13-21-41(54(51)56)37-17-6-3-7-18-37;/h2-32,35H,1H3;/q-3;. The Morgan fingerprint density at radius 2 is 1.24 bits per heavy atom. The van der Waals surface area contributed by atoms with Crippen molar-refractivity contribution >= 4 is 38.9 Å². The predicted molar refractivity (Wildman–Crippen MR) is 247 cm³/mol. The minimum atomic E-state index is -0.846. The maximum absolute atomic E-state index is 7.08. The molecule has 0 fully saturated rings. The van der Waals surface area contributed by atoms with Gasteiger partial charge in [-0.3, -0.25) is 0 Å². The van der Waals surface area contributed by atoms with Crippen molar-refractivity contribution in [3.63, 3.8) is 0 Å². The van der Waals surface area contributed by atoms with E-state index in [-0.39, 0.29) is 21.1 Å². The van der Waals surface area contributed by atoms with Crippen LogP contribution in [-0.4, -0.2) is 16.6 Å². The number of ether oxygens (including phenoxy) is 2. The molecule has 3 aliphatic heterocycles. The van der Waals surface area contributed by atoms with Crippen LogP contribution in [0.1, 0.15) is 22.3 Å². The third-order valence-corrected chi connectivity index (χ3v) is 12.7. The second kappa shape index (κ2) is 14.3. The number of pyridine rings is 1. The number of anilines is 3. The van der Waals surface area contributed by atoms with Crippen LogP contribution < -0.4 is 19.3 Å². The number of rotatable bonds is 5. The van der Waals surface area contributed by atoms with Crippen LogP contribution in [-0.2, 0) is 26.5 Å². The van der Waals surface area contributed by atoms with Crippen LogP contribution in [0.2, 0.25) is 0 Å². The zero-order valence-corrected chi connectivity index (χ0v) is 36.2. The number of benzene rings is 8. The Kier molecular flexibility index (Phi) is 8.50. The molecule has 1 spiro atoms. The van der Waals surface area contributed by atoms with Crippen molar-refractivity contribution in [1.29, 1.82) is 0 Å². The quantitative estimate of drug-likeness (QED) is 0.161. The van der Waals surface area contributed by atoms with Crippen molar-refractivity contribution in [2.45, 2.75) is 5.41 Å². The van der Waals surface area contributed by atoms with Crippen LogP contribution in [0.5, 0.6) is 23.0 Å². The molecule has 5 heterocycles. The molecule has 304 valence electrons. The van der Waals surface area contributed by atoms with Crippen LogP contribution in [0.15, 0.2) is 188 Å². The van der Waals surface area contributed by atoms with Gasteiger partial charge in [0.1, 0.15) is 17.3 Å². The van der Waals surface area contributed by atoms with Crippen molar-refractivity contribution < 1.29 is 30.5 Å². The molecular weight excluding hydrogens is 956 g/mol. The number of aromatic nitrogens is 2. The minimum absolute atomic E-state index is 0. The van der Waals surface area contributed by atoms with Crippen molar-refractivity contribution in [3.05, 3.63) is 229 Å². The van der Waals surface area contributed by atoms with Gasteiger partial charge in [0, 0.05) is 72.2 Å².